The summed E-state index contributed by atoms with van der Waals surface area (Å²) in [6.07, 6.45) is 5.38. The maximum Gasteiger partial charge on any atom is 0.264 e. The van der Waals surface area contributed by atoms with Gasteiger partial charge in [0.05, 0.1) is 39.7 Å². The van der Waals surface area contributed by atoms with Crippen molar-refractivity contribution in [3.63, 3.8) is 0 Å². The van der Waals surface area contributed by atoms with E-state index in [1.807, 2.05) is 0 Å². The summed E-state index contributed by atoms with van der Waals surface area (Å²) < 4.78 is 7.33. The molecule has 0 aliphatic heterocycles. The first kappa shape index (κ1) is 17.7. The zero-order chi connectivity index (χ0) is 18.1. The molecule has 9 heteroatoms. The van der Waals surface area contributed by atoms with Gasteiger partial charge in [0.15, 0.2) is 13.5 Å². The Morgan fingerprint density at radius 3 is 2.76 bits per heavy atom. The van der Waals surface area contributed by atoms with Crippen LogP contribution in [0.25, 0.3) is 21.5 Å². The molecule has 3 rings (SSSR count). The van der Waals surface area contributed by atoms with E-state index in [4.69, 9.17) is 34.4 Å². The lowest BCUT2D eigenvalue weighted by atomic mass is 10.0. The number of benzene rings is 1. The van der Waals surface area contributed by atoms with Crippen molar-refractivity contribution in [1.82, 2.24) is 9.55 Å². The van der Waals surface area contributed by atoms with Crippen molar-refractivity contribution in [2.75, 3.05) is 6.51 Å². The normalized spacial score (nSPS) is 10.8. The fourth-order valence-corrected chi connectivity index (χ4v) is 3.75. The smallest absolute Gasteiger partial charge is 0.264 e. The van der Waals surface area contributed by atoms with Crippen LogP contribution < -0.4 is 10.3 Å². The minimum atomic E-state index is -0.515. The van der Waals surface area contributed by atoms with Crippen LogP contribution in [0.4, 0.5) is 0 Å². The van der Waals surface area contributed by atoms with E-state index in [9.17, 15) is 9.90 Å². The largest absolute Gasteiger partial charge is 0.505 e. The lowest BCUT2D eigenvalue weighted by Gasteiger charge is -2.16. The topological polar surface area (TPSA) is 64.3 Å². The van der Waals surface area contributed by atoms with Gasteiger partial charge in [-0.15, -0.1) is 17.8 Å². The highest BCUT2D eigenvalue weighted by molar-refractivity contribution is 7.17. The standard InChI is InChI=1S/C16H11BCl2N2O3S/c1-2-5-21-15-14(25-7-20-15)12(22)11(16(21)23)10-8(18)3-4-9(19)13(10)24-6-17/h1,3-4,7,22H,5-6,17H2. The Morgan fingerprint density at radius 2 is 2.08 bits per heavy atom. The quantitative estimate of drug-likeness (QED) is 0.547. The van der Waals surface area contributed by atoms with Gasteiger partial charge in [-0.3, -0.25) is 9.36 Å². The average Bonchev–Trinajstić information content (AvgIpc) is 3.07. The van der Waals surface area contributed by atoms with Crippen LogP contribution in [-0.2, 0) is 6.54 Å². The second-order valence-electron chi connectivity index (χ2n) is 4.99. The van der Waals surface area contributed by atoms with Gasteiger partial charge in [0, 0.05) is 0 Å². The van der Waals surface area contributed by atoms with Crippen LogP contribution >= 0.6 is 34.5 Å². The number of fused-ring (bicyclic) bond motifs is 1. The van der Waals surface area contributed by atoms with Crippen LogP contribution in [-0.4, -0.2) is 29.0 Å². The molecule has 2 aromatic heterocycles. The predicted molar refractivity (Wildman–Crippen MR) is 104 cm³/mol. The molecule has 1 N–H and O–H groups in total. The van der Waals surface area contributed by atoms with E-state index < -0.39 is 5.56 Å². The highest BCUT2D eigenvalue weighted by Gasteiger charge is 2.25. The fourth-order valence-electron chi connectivity index (χ4n) is 2.56. The van der Waals surface area contributed by atoms with E-state index >= 15 is 0 Å². The minimum absolute atomic E-state index is 0.00843. The first-order chi connectivity index (χ1) is 12.0. The number of nitrogens with zero attached hydrogens (tertiary/aromatic N) is 2. The van der Waals surface area contributed by atoms with Gasteiger partial charge in [0.2, 0.25) is 0 Å². The summed E-state index contributed by atoms with van der Waals surface area (Å²) in [6.45, 7) is 0.323. The maximum absolute atomic E-state index is 13.0. The van der Waals surface area contributed by atoms with Gasteiger partial charge in [-0.05, 0) is 12.1 Å². The summed E-state index contributed by atoms with van der Waals surface area (Å²) in [5, 5.41) is 11.2. The number of aromatic hydroxyl groups is 1. The number of hydrogen-bond donors (Lipinski definition) is 1. The van der Waals surface area contributed by atoms with E-state index in [0.717, 1.165) is 0 Å². The Labute approximate surface area is 158 Å². The second kappa shape index (κ2) is 7.00. The molecule has 0 aliphatic carbocycles. The molecule has 0 amide bonds. The highest BCUT2D eigenvalue weighted by atomic mass is 35.5. The number of ether oxygens (including phenoxy) is 1. The molecule has 0 saturated heterocycles. The van der Waals surface area contributed by atoms with Crippen molar-refractivity contribution in [1.29, 1.82) is 0 Å². The Kier molecular flexibility index (Phi) is 4.95. The third-order valence-electron chi connectivity index (χ3n) is 3.56. The predicted octanol–water partition coefficient (Wildman–Crippen LogP) is 2.74. The number of halogens is 2. The monoisotopic (exact) mass is 392 g/mol. The number of rotatable bonds is 4. The van der Waals surface area contributed by atoms with Crippen molar-refractivity contribution >= 4 is 52.7 Å². The molecule has 126 valence electrons. The molecule has 0 saturated carbocycles. The Balaban J connectivity index is 2.48. The van der Waals surface area contributed by atoms with Crippen molar-refractivity contribution in [2.45, 2.75) is 6.54 Å². The molecular weight excluding hydrogens is 382 g/mol. The third kappa shape index (κ3) is 2.87. The number of hydrogen-bond acceptors (Lipinski definition) is 5. The van der Waals surface area contributed by atoms with Crippen molar-refractivity contribution in [2.24, 2.45) is 0 Å². The van der Waals surface area contributed by atoms with Gasteiger partial charge in [-0.25, -0.2) is 4.98 Å². The molecule has 0 unspecified atom stereocenters. The van der Waals surface area contributed by atoms with Gasteiger partial charge in [-0.2, -0.15) is 0 Å². The summed E-state index contributed by atoms with van der Waals surface area (Å²) in [5.41, 5.74) is 1.57. The molecule has 0 spiro atoms. The molecule has 0 radical (unpaired) electrons. The molecule has 0 atom stereocenters. The molecular formula is C16H11BCl2N2O3S. The SMILES string of the molecule is BCOc1c(Cl)ccc(Cl)c1-c1c(O)c2scnc2n(CC#C)c1=O. The molecule has 2 heterocycles. The molecule has 0 bridgehead atoms. The molecule has 1 aromatic carbocycles. The van der Waals surface area contributed by atoms with Gasteiger partial charge in [0.1, 0.15) is 16.2 Å². The van der Waals surface area contributed by atoms with E-state index in [2.05, 4.69) is 10.9 Å². The summed E-state index contributed by atoms with van der Waals surface area (Å²) in [4.78, 5) is 17.2. The van der Waals surface area contributed by atoms with Gasteiger partial charge in [0.25, 0.3) is 5.56 Å². The van der Waals surface area contributed by atoms with Crippen molar-refractivity contribution in [3.8, 4) is 35.0 Å². The fraction of sp³-hybridized carbons (Fsp3) is 0.125. The van der Waals surface area contributed by atoms with E-state index in [0.29, 0.717) is 16.9 Å². The van der Waals surface area contributed by atoms with Crippen LogP contribution in [0.2, 0.25) is 10.0 Å². The number of terminal acetylenes is 1. The van der Waals surface area contributed by atoms with E-state index in [1.54, 1.807) is 20.0 Å². The van der Waals surface area contributed by atoms with Gasteiger partial charge >= 0.3 is 0 Å². The summed E-state index contributed by atoms with van der Waals surface area (Å²) >= 11 is 13.7. The van der Waals surface area contributed by atoms with E-state index in [1.165, 1.54) is 21.4 Å². The molecule has 25 heavy (non-hydrogen) atoms. The zero-order valence-corrected chi connectivity index (χ0v) is 15.4. The Bertz CT molecular complexity index is 1070. The first-order valence-corrected chi connectivity index (χ1v) is 8.88. The average molecular weight is 393 g/mol. The lowest BCUT2D eigenvalue weighted by Crippen LogP contribution is -2.22. The lowest BCUT2D eigenvalue weighted by molar-refractivity contribution is 0.389. The summed E-state index contributed by atoms with van der Waals surface area (Å²) in [7, 11) is 1.78. The summed E-state index contributed by atoms with van der Waals surface area (Å²) in [6, 6.07) is 3.11. The number of thiazole rings is 1. The Hall–Kier alpha value is -2.14. The minimum Gasteiger partial charge on any atom is -0.505 e. The van der Waals surface area contributed by atoms with Crippen LogP contribution in [0, 0.1) is 12.3 Å². The molecule has 5 nitrogen and oxygen atoms in total. The van der Waals surface area contributed by atoms with Crippen LogP contribution in [0.5, 0.6) is 11.5 Å². The van der Waals surface area contributed by atoms with Crippen LogP contribution in [0.1, 0.15) is 0 Å². The highest BCUT2D eigenvalue weighted by Crippen LogP contribution is 2.45. The van der Waals surface area contributed by atoms with Crippen molar-refractivity contribution in [3.05, 3.63) is 38.0 Å². The van der Waals surface area contributed by atoms with Gasteiger partial charge in [-0.1, -0.05) is 29.1 Å². The second-order valence-corrected chi connectivity index (χ2v) is 6.66. The first-order valence-electron chi connectivity index (χ1n) is 7.24. The van der Waals surface area contributed by atoms with Crippen LogP contribution in [0.3, 0.4) is 0 Å². The Morgan fingerprint density at radius 1 is 1.36 bits per heavy atom. The third-order valence-corrected chi connectivity index (χ3v) is 5.00. The van der Waals surface area contributed by atoms with E-state index in [-0.39, 0.29) is 39.2 Å². The zero-order valence-electron chi connectivity index (χ0n) is 13.0. The molecule has 0 fully saturated rings. The molecule has 0 aliphatic rings. The number of aromatic nitrogens is 2. The van der Waals surface area contributed by atoms with Gasteiger partial charge < -0.3 is 9.84 Å². The maximum atomic E-state index is 13.0. The van der Waals surface area contributed by atoms with Crippen LogP contribution in [0.15, 0.2) is 22.4 Å². The summed E-state index contributed by atoms with van der Waals surface area (Å²) in [5.74, 6) is 2.44. The number of pyridine rings is 1. The van der Waals surface area contributed by atoms with Crippen molar-refractivity contribution < 1.29 is 9.84 Å². The molecule has 3 aromatic rings.